The number of carbonyl (C=O) groups is 1. The summed E-state index contributed by atoms with van der Waals surface area (Å²) in [5.74, 6) is -0.932. The van der Waals surface area contributed by atoms with E-state index in [1.807, 2.05) is 0 Å². The molecule has 2 atom stereocenters. The summed E-state index contributed by atoms with van der Waals surface area (Å²) >= 11 is 6.94. The van der Waals surface area contributed by atoms with Crippen molar-refractivity contribution in [2.45, 2.75) is 16.5 Å². The largest absolute Gasteiger partial charge is 2.00 e. The second-order valence-corrected chi connectivity index (χ2v) is 3.69. The molecule has 0 spiro atoms. The first kappa shape index (κ1) is 19.1. The molecular formula is C5H8Br2MgO3S. The molecule has 0 amide bonds. The number of halogens is 2. The van der Waals surface area contributed by atoms with Crippen molar-refractivity contribution in [2.24, 2.45) is 0 Å². The van der Waals surface area contributed by atoms with Gasteiger partial charge in [-0.1, -0.05) is 15.9 Å². The molecule has 0 saturated carbocycles. The molecule has 0 bridgehead atoms. The van der Waals surface area contributed by atoms with Crippen molar-refractivity contribution in [3.05, 3.63) is 0 Å². The normalized spacial score (nSPS) is 13.6. The molecule has 0 radical (unpaired) electrons. The maximum absolute atomic E-state index is 10.2. The fraction of sp³-hybridized carbons (Fsp3) is 0.800. The van der Waals surface area contributed by atoms with Gasteiger partial charge in [-0.05, 0) is 0 Å². The van der Waals surface area contributed by atoms with Crippen LogP contribution in [0.15, 0.2) is 0 Å². The number of alkyl halides is 1. The molecule has 0 fully saturated rings. The number of aliphatic carboxylic acids is 1. The van der Waals surface area contributed by atoms with E-state index in [0.717, 1.165) is 0 Å². The number of carboxylic acids is 1. The molecule has 2 unspecified atom stereocenters. The van der Waals surface area contributed by atoms with Crippen molar-refractivity contribution in [1.82, 2.24) is 0 Å². The van der Waals surface area contributed by atoms with Gasteiger partial charge in [-0.15, -0.1) is 6.61 Å². The third-order valence-electron chi connectivity index (χ3n) is 0.960. The minimum absolute atomic E-state index is 0. The molecule has 7 heteroatoms. The zero-order chi connectivity index (χ0) is 8.15. The van der Waals surface area contributed by atoms with Crippen molar-refractivity contribution in [1.29, 1.82) is 0 Å². The van der Waals surface area contributed by atoms with Gasteiger partial charge in [-0.25, -0.2) is 0 Å². The fourth-order valence-electron chi connectivity index (χ4n) is 0.418. The van der Waals surface area contributed by atoms with E-state index < -0.39 is 11.2 Å². The van der Waals surface area contributed by atoms with Crippen LogP contribution in [0.25, 0.3) is 0 Å². The SMILES string of the molecule is O=C(O)CC(S)C(Br)C[O-].[Br-].[Mg+2]. The van der Waals surface area contributed by atoms with Crippen LogP contribution in [-0.4, -0.2) is 50.8 Å². The van der Waals surface area contributed by atoms with Gasteiger partial charge in [0.25, 0.3) is 0 Å². The minimum Gasteiger partial charge on any atom is -1.00 e. The standard InChI is InChI=1S/C5H8BrO3S.BrH.Mg/c6-3(2-7)4(10)1-5(8)9;;/h3-4,10H,1-2H2,(H,8,9);1H;/q-1;;+2/p-1. The smallest absolute Gasteiger partial charge is 1.00 e. The maximum atomic E-state index is 10.2. The van der Waals surface area contributed by atoms with E-state index in [-0.39, 0.29) is 57.9 Å². The van der Waals surface area contributed by atoms with E-state index in [1.165, 1.54) is 0 Å². The number of thiol groups is 1. The first-order valence-electron chi connectivity index (χ1n) is 2.70. The van der Waals surface area contributed by atoms with Crippen LogP contribution in [0.4, 0.5) is 0 Å². The van der Waals surface area contributed by atoms with Crippen molar-refractivity contribution in [2.75, 3.05) is 6.61 Å². The Morgan fingerprint density at radius 2 is 2.08 bits per heavy atom. The van der Waals surface area contributed by atoms with Gasteiger partial charge >= 0.3 is 29.0 Å². The molecule has 0 aliphatic rings. The van der Waals surface area contributed by atoms with Gasteiger partial charge < -0.3 is 27.2 Å². The van der Waals surface area contributed by atoms with E-state index in [9.17, 15) is 9.90 Å². The van der Waals surface area contributed by atoms with Crippen LogP contribution in [0.5, 0.6) is 0 Å². The third-order valence-corrected chi connectivity index (χ3v) is 2.81. The van der Waals surface area contributed by atoms with Crippen LogP contribution < -0.4 is 22.1 Å². The Bertz CT molecular complexity index is 127. The number of hydrogen-bond donors (Lipinski definition) is 2. The molecule has 68 valence electrons. The van der Waals surface area contributed by atoms with Gasteiger partial charge in [0.2, 0.25) is 0 Å². The Morgan fingerprint density at radius 1 is 1.67 bits per heavy atom. The Balaban J connectivity index is -0.000000405. The Hall–Kier alpha value is 1.51. The minimum atomic E-state index is -0.932. The topological polar surface area (TPSA) is 60.4 Å². The molecule has 12 heavy (non-hydrogen) atoms. The molecule has 0 aliphatic heterocycles. The molecule has 0 aromatic heterocycles. The summed E-state index contributed by atoms with van der Waals surface area (Å²) in [4.78, 5) is 9.70. The second kappa shape index (κ2) is 10.6. The maximum Gasteiger partial charge on any atom is 2.00 e. The average Bonchev–Trinajstić information content (AvgIpc) is 1.85. The first-order chi connectivity index (χ1) is 4.57. The van der Waals surface area contributed by atoms with E-state index in [1.54, 1.807) is 0 Å². The molecule has 1 N–H and O–H groups in total. The van der Waals surface area contributed by atoms with Crippen molar-refractivity contribution in [3.8, 4) is 0 Å². The summed E-state index contributed by atoms with van der Waals surface area (Å²) in [6, 6.07) is 0. The molecule has 0 aromatic rings. The van der Waals surface area contributed by atoms with Gasteiger partial charge in [-0.2, -0.15) is 12.6 Å². The Labute approximate surface area is 112 Å². The van der Waals surface area contributed by atoms with Crippen molar-refractivity contribution >= 4 is 57.6 Å². The number of hydrogen-bond acceptors (Lipinski definition) is 3. The molecular weight excluding hydrogens is 324 g/mol. The molecule has 3 nitrogen and oxygen atoms in total. The third kappa shape index (κ3) is 9.59. The van der Waals surface area contributed by atoms with Crippen molar-refractivity contribution < 1.29 is 32.0 Å². The van der Waals surface area contributed by atoms with Crippen LogP contribution in [-0.2, 0) is 4.79 Å². The summed E-state index contributed by atoms with van der Waals surface area (Å²) in [7, 11) is 0. The van der Waals surface area contributed by atoms with Crippen LogP contribution in [0.3, 0.4) is 0 Å². The van der Waals surface area contributed by atoms with Crippen LogP contribution in [0, 0.1) is 0 Å². The van der Waals surface area contributed by atoms with Gasteiger partial charge in [0.1, 0.15) is 0 Å². The van der Waals surface area contributed by atoms with E-state index in [4.69, 9.17) is 5.11 Å². The Morgan fingerprint density at radius 3 is 2.33 bits per heavy atom. The summed E-state index contributed by atoms with van der Waals surface area (Å²) in [5.41, 5.74) is 0. The van der Waals surface area contributed by atoms with E-state index in [0.29, 0.717) is 0 Å². The van der Waals surface area contributed by atoms with E-state index >= 15 is 0 Å². The summed E-state index contributed by atoms with van der Waals surface area (Å²) in [6.07, 6.45) is -0.0821. The number of carboxylic acid groups (broad SMARTS) is 1. The van der Waals surface area contributed by atoms with Gasteiger partial charge in [0, 0.05) is 10.1 Å². The summed E-state index contributed by atoms with van der Waals surface area (Å²) < 4.78 is 0. The van der Waals surface area contributed by atoms with Gasteiger partial charge in [0.15, 0.2) is 0 Å². The van der Waals surface area contributed by atoms with Crippen LogP contribution in [0.2, 0.25) is 0 Å². The zero-order valence-electron chi connectivity index (χ0n) is 6.24. The van der Waals surface area contributed by atoms with Crippen molar-refractivity contribution in [3.63, 3.8) is 0 Å². The van der Waals surface area contributed by atoms with E-state index in [2.05, 4.69) is 28.6 Å². The quantitative estimate of drug-likeness (QED) is 0.319. The summed E-state index contributed by atoms with van der Waals surface area (Å²) in [6.45, 7) is -0.346. The fourth-order valence-corrected chi connectivity index (χ4v) is 0.847. The second-order valence-electron chi connectivity index (χ2n) is 1.85. The monoisotopic (exact) mass is 330 g/mol. The predicted octanol–water partition coefficient (Wildman–Crippen LogP) is -3.49. The van der Waals surface area contributed by atoms with Gasteiger partial charge in [0.05, 0.1) is 6.42 Å². The molecule has 0 heterocycles. The first-order valence-corrected chi connectivity index (χ1v) is 4.13. The molecule has 0 aromatic carbocycles. The zero-order valence-corrected chi connectivity index (χ0v) is 11.7. The van der Waals surface area contributed by atoms with Gasteiger partial charge in [-0.3, -0.25) is 4.79 Å². The molecule has 0 aliphatic carbocycles. The number of rotatable bonds is 4. The average molecular weight is 332 g/mol. The molecule has 0 saturated heterocycles. The molecule has 0 rings (SSSR count). The Kier molecular flexibility index (Phi) is 16.9. The predicted molar refractivity (Wildman–Crippen MR) is 48.4 cm³/mol. The summed E-state index contributed by atoms with van der Waals surface area (Å²) in [5, 5.41) is 18.0. The van der Waals surface area contributed by atoms with Crippen LogP contribution in [0.1, 0.15) is 6.42 Å². The van der Waals surface area contributed by atoms with Crippen LogP contribution >= 0.6 is 28.6 Å².